The van der Waals surface area contributed by atoms with Gasteiger partial charge in [0.2, 0.25) is 11.8 Å². The summed E-state index contributed by atoms with van der Waals surface area (Å²) in [5.41, 5.74) is 2.98. The summed E-state index contributed by atoms with van der Waals surface area (Å²) >= 11 is 0. The van der Waals surface area contributed by atoms with Crippen LogP contribution in [-0.4, -0.2) is 59.9 Å². The van der Waals surface area contributed by atoms with Crippen molar-refractivity contribution in [3.8, 4) is 0 Å². The quantitative estimate of drug-likeness (QED) is 0.390. The third-order valence-electron chi connectivity index (χ3n) is 8.38. The molecule has 0 saturated carbocycles. The maximum Gasteiger partial charge on any atom is 0.246 e. The molecule has 0 radical (unpaired) electrons. The molecule has 2 fully saturated rings. The molecule has 0 aliphatic carbocycles. The number of piperidine rings is 1. The molecule has 38 heavy (non-hydrogen) atoms. The van der Waals surface area contributed by atoms with Gasteiger partial charge in [0.15, 0.2) is 0 Å². The number of amides is 2. The number of nitrogens with one attached hydrogen (secondary N) is 1. The second kappa shape index (κ2) is 12.4. The molecule has 198 valence electrons. The molecule has 3 aromatic carbocycles. The van der Waals surface area contributed by atoms with E-state index in [2.05, 4.69) is 64.8 Å². The highest BCUT2D eigenvalue weighted by atomic mass is 16.2. The van der Waals surface area contributed by atoms with Gasteiger partial charge in [0, 0.05) is 25.6 Å². The number of nitrogens with zero attached hydrogens (tertiary/aromatic N) is 2. The van der Waals surface area contributed by atoms with Crippen LogP contribution in [0.4, 0.5) is 0 Å². The second-order valence-corrected chi connectivity index (χ2v) is 10.7. The van der Waals surface area contributed by atoms with Gasteiger partial charge in [0.1, 0.15) is 5.54 Å². The van der Waals surface area contributed by atoms with Crippen molar-refractivity contribution in [2.45, 2.75) is 50.0 Å². The summed E-state index contributed by atoms with van der Waals surface area (Å²) in [6.45, 7) is 3.34. The Hall–Kier alpha value is -3.44. The Balaban J connectivity index is 1.23. The number of piperazine rings is 1. The molecule has 3 aromatic rings. The largest absolute Gasteiger partial charge is 0.345 e. The molecular formula is C33H39N3O2. The number of carbonyl (C=O) groups excluding carboxylic acids is 2. The number of rotatable bonds is 10. The minimum absolute atomic E-state index is 0.0134. The van der Waals surface area contributed by atoms with Crippen LogP contribution in [-0.2, 0) is 16.0 Å². The minimum Gasteiger partial charge on any atom is -0.345 e. The molecule has 0 unspecified atom stereocenters. The van der Waals surface area contributed by atoms with Crippen LogP contribution < -0.4 is 5.32 Å². The van der Waals surface area contributed by atoms with Crippen molar-refractivity contribution in [3.63, 3.8) is 0 Å². The molecule has 2 heterocycles. The summed E-state index contributed by atoms with van der Waals surface area (Å²) in [4.78, 5) is 31.2. The van der Waals surface area contributed by atoms with Crippen molar-refractivity contribution in [3.05, 3.63) is 108 Å². The third kappa shape index (κ3) is 5.99. The summed E-state index contributed by atoms with van der Waals surface area (Å²) < 4.78 is 0. The van der Waals surface area contributed by atoms with Crippen LogP contribution in [0.2, 0.25) is 0 Å². The SMILES string of the molecule is O=C1CNC(=O)C2(CCN(CCCCCc3ccccc3)CC2)N1CC(c1ccccc1)c1ccccc1. The van der Waals surface area contributed by atoms with Gasteiger partial charge in [0.05, 0.1) is 6.54 Å². The van der Waals surface area contributed by atoms with Gasteiger partial charge in [-0.2, -0.15) is 0 Å². The normalized spacial score (nSPS) is 17.7. The highest BCUT2D eigenvalue weighted by Crippen LogP contribution is 2.35. The van der Waals surface area contributed by atoms with Crippen molar-refractivity contribution < 1.29 is 9.59 Å². The molecular weight excluding hydrogens is 470 g/mol. The van der Waals surface area contributed by atoms with Crippen molar-refractivity contribution in [1.29, 1.82) is 0 Å². The average Bonchev–Trinajstić information content (AvgIpc) is 2.97. The molecule has 0 atom stereocenters. The van der Waals surface area contributed by atoms with E-state index in [4.69, 9.17) is 0 Å². The Bertz CT molecular complexity index is 1140. The lowest BCUT2D eigenvalue weighted by Gasteiger charge is -2.50. The summed E-state index contributed by atoms with van der Waals surface area (Å²) in [7, 11) is 0. The summed E-state index contributed by atoms with van der Waals surface area (Å²) in [5, 5.41) is 2.92. The maximum atomic E-state index is 13.4. The van der Waals surface area contributed by atoms with Crippen LogP contribution in [0.3, 0.4) is 0 Å². The van der Waals surface area contributed by atoms with Gasteiger partial charge in [-0.3, -0.25) is 9.59 Å². The van der Waals surface area contributed by atoms with Crippen molar-refractivity contribution in [1.82, 2.24) is 15.1 Å². The molecule has 1 spiro atoms. The molecule has 2 aliphatic heterocycles. The zero-order valence-electron chi connectivity index (χ0n) is 22.2. The van der Waals surface area contributed by atoms with Gasteiger partial charge in [-0.15, -0.1) is 0 Å². The van der Waals surface area contributed by atoms with E-state index in [-0.39, 0.29) is 24.3 Å². The number of hydrogen-bond acceptors (Lipinski definition) is 3. The van der Waals surface area contributed by atoms with Crippen molar-refractivity contribution in [2.24, 2.45) is 0 Å². The molecule has 0 aromatic heterocycles. The van der Waals surface area contributed by atoms with Crippen LogP contribution in [0.1, 0.15) is 54.7 Å². The predicted octanol–water partition coefficient (Wildman–Crippen LogP) is 5.02. The predicted molar refractivity (Wildman–Crippen MR) is 152 cm³/mol. The van der Waals surface area contributed by atoms with E-state index in [0.717, 1.165) is 26.1 Å². The van der Waals surface area contributed by atoms with E-state index < -0.39 is 5.54 Å². The lowest BCUT2D eigenvalue weighted by Crippen LogP contribution is -2.70. The van der Waals surface area contributed by atoms with Gasteiger partial charge in [0.25, 0.3) is 0 Å². The van der Waals surface area contributed by atoms with Gasteiger partial charge in [-0.25, -0.2) is 0 Å². The van der Waals surface area contributed by atoms with Crippen molar-refractivity contribution in [2.75, 3.05) is 32.7 Å². The zero-order chi connectivity index (χ0) is 26.2. The first-order valence-electron chi connectivity index (χ1n) is 14.1. The third-order valence-corrected chi connectivity index (χ3v) is 8.38. The van der Waals surface area contributed by atoms with Crippen molar-refractivity contribution >= 4 is 11.8 Å². The lowest BCUT2D eigenvalue weighted by molar-refractivity contribution is -0.157. The standard InChI is InChI=1S/C33H39N3O2/c37-31-25-34-32(38)33(20-23-35(24-21-33)22-12-4-7-15-27-13-5-1-6-14-27)36(31)26-30(28-16-8-2-9-17-28)29-18-10-3-11-19-29/h1-3,5-6,8-11,13-14,16-19,30H,4,7,12,15,20-26H2,(H,34,38). The molecule has 5 rings (SSSR count). The van der Waals surface area contributed by atoms with E-state index in [1.165, 1.54) is 36.0 Å². The molecule has 5 nitrogen and oxygen atoms in total. The summed E-state index contributed by atoms with van der Waals surface area (Å²) in [6, 6.07) is 31.4. The number of unbranched alkanes of at least 4 members (excludes halogenated alkanes) is 2. The Labute approximate surface area is 226 Å². The molecule has 2 amide bonds. The van der Waals surface area contributed by atoms with Crippen LogP contribution in [0.25, 0.3) is 0 Å². The first kappa shape index (κ1) is 26.2. The molecule has 5 heteroatoms. The lowest BCUT2D eigenvalue weighted by atomic mass is 9.81. The van der Waals surface area contributed by atoms with E-state index in [1.807, 2.05) is 41.3 Å². The van der Waals surface area contributed by atoms with Gasteiger partial charge >= 0.3 is 0 Å². The number of likely N-dealkylation sites (tertiary alicyclic amines) is 1. The van der Waals surface area contributed by atoms with E-state index in [9.17, 15) is 9.59 Å². The molecule has 2 saturated heterocycles. The number of hydrogen-bond donors (Lipinski definition) is 1. The Kier molecular flexibility index (Phi) is 8.54. The molecule has 1 N–H and O–H groups in total. The highest BCUT2D eigenvalue weighted by molar-refractivity contribution is 5.98. The first-order valence-corrected chi connectivity index (χ1v) is 14.1. The monoisotopic (exact) mass is 509 g/mol. The summed E-state index contributed by atoms with van der Waals surface area (Å²) in [6.07, 6.45) is 6.07. The second-order valence-electron chi connectivity index (χ2n) is 10.7. The number of aryl methyl sites for hydroxylation is 1. The Morgan fingerprint density at radius 3 is 1.92 bits per heavy atom. The van der Waals surface area contributed by atoms with Crippen LogP contribution >= 0.6 is 0 Å². The van der Waals surface area contributed by atoms with Gasteiger partial charge in [-0.05, 0) is 55.3 Å². The molecule has 2 aliphatic rings. The number of benzene rings is 3. The topological polar surface area (TPSA) is 52.7 Å². The zero-order valence-corrected chi connectivity index (χ0v) is 22.2. The highest BCUT2D eigenvalue weighted by Gasteiger charge is 2.51. The van der Waals surface area contributed by atoms with Crippen LogP contribution in [0.15, 0.2) is 91.0 Å². The van der Waals surface area contributed by atoms with Gasteiger partial charge in [-0.1, -0.05) is 97.4 Å². The fraction of sp³-hybridized carbons (Fsp3) is 0.394. The fourth-order valence-corrected chi connectivity index (χ4v) is 6.14. The number of carbonyl (C=O) groups is 2. The van der Waals surface area contributed by atoms with E-state index in [1.54, 1.807) is 0 Å². The van der Waals surface area contributed by atoms with E-state index in [0.29, 0.717) is 19.4 Å². The Morgan fingerprint density at radius 2 is 1.32 bits per heavy atom. The first-order chi connectivity index (χ1) is 18.7. The van der Waals surface area contributed by atoms with Crippen LogP contribution in [0.5, 0.6) is 0 Å². The minimum atomic E-state index is -0.763. The molecule has 0 bridgehead atoms. The summed E-state index contributed by atoms with van der Waals surface area (Å²) in [5.74, 6) is 0.0575. The average molecular weight is 510 g/mol. The fourth-order valence-electron chi connectivity index (χ4n) is 6.14. The van der Waals surface area contributed by atoms with Gasteiger partial charge < -0.3 is 15.1 Å². The van der Waals surface area contributed by atoms with Crippen LogP contribution in [0, 0.1) is 0 Å². The maximum absolute atomic E-state index is 13.4. The smallest absolute Gasteiger partial charge is 0.246 e. The Morgan fingerprint density at radius 1 is 0.737 bits per heavy atom. The van der Waals surface area contributed by atoms with E-state index >= 15 is 0 Å².